The number of halogens is 1. The van der Waals surface area contributed by atoms with Crippen molar-refractivity contribution < 1.29 is 9.90 Å². The van der Waals surface area contributed by atoms with Gasteiger partial charge in [0.05, 0.1) is 12.2 Å². The highest BCUT2D eigenvalue weighted by molar-refractivity contribution is 9.10. The van der Waals surface area contributed by atoms with E-state index in [9.17, 15) is 9.90 Å². The Hall–Kier alpha value is -1.69. The number of hydrogen-bond acceptors (Lipinski definition) is 3. The summed E-state index contributed by atoms with van der Waals surface area (Å²) >= 11 is 3.39. The summed E-state index contributed by atoms with van der Waals surface area (Å²) in [5, 5.41) is 17.0. The molecule has 0 unspecified atom stereocenters. The Morgan fingerprint density at radius 2 is 1.90 bits per heavy atom. The van der Waals surface area contributed by atoms with E-state index in [0.29, 0.717) is 12.2 Å². The first-order valence-corrected chi connectivity index (χ1v) is 7.00. The maximum absolute atomic E-state index is 11.3. The van der Waals surface area contributed by atoms with Crippen molar-refractivity contribution in [1.29, 1.82) is 0 Å². The maximum atomic E-state index is 11.3. The third-order valence-electron chi connectivity index (χ3n) is 2.89. The molecule has 0 amide bonds. The van der Waals surface area contributed by atoms with Gasteiger partial charge in [-0.2, -0.15) is 0 Å². The number of nitrogens with zero attached hydrogens (tertiary/aromatic N) is 3. The number of carboxylic acid groups (broad SMARTS) is 1. The average Bonchev–Trinajstić information content (AvgIpc) is 2.76. The van der Waals surface area contributed by atoms with Gasteiger partial charge < -0.3 is 5.11 Å². The molecular formula is C14H16BrN3O2. The summed E-state index contributed by atoms with van der Waals surface area (Å²) in [5.41, 5.74) is 1.36. The topological polar surface area (TPSA) is 68.0 Å². The van der Waals surface area contributed by atoms with E-state index >= 15 is 0 Å². The minimum Gasteiger partial charge on any atom is -0.476 e. The molecule has 1 aromatic carbocycles. The standard InChI is InChI=1S/C14H16BrN3O2/c1-14(2,3)12-11(13(19)20)16-17-18(12)8-9-4-6-10(15)7-5-9/h4-7H,8H2,1-3H3,(H,19,20). The highest BCUT2D eigenvalue weighted by Gasteiger charge is 2.28. The van der Waals surface area contributed by atoms with Crippen molar-refractivity contribution in [1.82, 2.24) is 15.0 Å². The van der Waals surface area contributed by atoms with Crippen LogP contribution < -0.4 is 0 Å². The summed E-state index contributed by atoms with van der Waals surface area (Å²) in [4.78, 5) is 11.3. The molecule has 106 valence electrons. The molecule has 0 atom stereocenters. The van der Waals surface area contributed by atoms with Crippen LogP contribution in [-0.4, -0.2) is 26.1 Å². The molecule has 6 heteroatoms. The Morgan fingerprint density at radius 1 is 1.30 bits per heavy atom. The average molecular weight is 338 g/mol. The van der Waals surface area contributed by atoms with Gasteiger partial charge >= 0.3 is 5.97 Å². The first-order valence-electron chi connectivity index (χ1n) is 6.21. The van der Waals surface area contributed by atoms with E-state index in [-0.39, 0.29) is 11.1 Å². The Kier molecular flexibility index (Phi) is 3.94. The molecule has 2 aromatic rings. The zero-order chi connectivity index (χ0) is 14.9. The van der Waals surface area contributed by atoms with Crippen molar-refractivity contribution >= 4 is 21.9 Å². The molecule has 5 nitrogen and oxygen atoms in total. The molecule has 2 rings (SSSR count). The number of hydrogen-bond donors (Lipinski definition) is 1. The van der Waals surface area contributed by atoms with Crippen LogP contribution in [-0.2, 0) is 12.0 Å². The molecule has 1 N–H and O–H groups in total. The molecular weight excluding hydrogens is 322 g/mol. The number of benzene rings is 1. The van der Waals surface area contributed by atoms with E-state index in [1.165, 1.54) is 0 Å². The van der Waals surface area contributed by atoms with E-state index in [0.717, 1.165) is 10.0 Å². The maximum Gasteiger partial charge on any atom is 0.358 e. The Bertz CT molecular complexity index is 627. The van der Waals surface area contributed by atoms with Gasteiger partial charge in [0, 0.05) is 9.89 Å². The number of carboxylic acids is 1. The lowest BCUT2D eigenvalue weighted by Gasteiger charge is -2.20. The lowest BCUT2D eigenvalue weighted by Crippen LogP contribution is -2.22. The van der Waals surface area contributed by atoms with Crippen LogP contribution in [0, 0.1) is 0 Å². The summed E-state index contributed by atoms with van der Waals surface area (Å²) in [7, 11) is 0. The van der Waals surface area contributed by atoms with Crippen LogP contribution in [0.1, 0.15) is 42.5 Å². The molecule has 0 bridgehead atoms. The van der Waals surface area contributed by atoms with Crippen molar-refractivity contribution in [2.75, 3.05) is 0 Å². The van der Waals surface area contributed by atoms with Gasteiger partial charge in [0.15, 0.2) is 5.69 Å². The number of aromatic nitrogens is 3. The van der Waals surface area contributed by atoms with Gasteiger partial charge in [-0.05, 0) is 17.7 Å². The molecule has 0 saturated heterocycles. The van der Waals surface area contributed by atoms with Gasteiger partial charge in [-0.1, -0.05) is 54.0 Å². The number of aromatic carboxylic acids is 1. The molecule has 0 aliphatic rings. The second-order valence-electron chi connectivity index (χ2n) is 5.63. The fraction of sp³-hybridized carbons (Fsp3) is 0.357. The summed E-state index contributed by atoms with van der Waals surface area (Å²) in [6.45, 7) is 6.36. The SMILES string of the molecule is CC(C)(C)c1c(C(=O)O)nnn1Cc1ccc(Br)cc1. The molecule has 1 heterocycles. The second-order valence-corrected chi connectivity index (χ2v) is 6.54. The smallest absolute Gasteiger partial charge is 0.358 e. The van der Waals surface area contributed by atoms with E-state index < -0.39 is 5.97 Å². The molecule has 0 fully saturated rings. The van der Waals surface area contributed by atoms with E-state index in [4.69, 9.17) is 0 Å². The monoisotopic (exact) mass is 337 g/mol. The molecule has 0 spiro atoms. The summed E-state index contributed by atoms with van der Waals surface area (Å²) in [6.07, 6.45) is 0. The van der Waals surface area contributed by atoms with E-state index in [2.05, 4.69) is 26.2 Å². The van der Waals surface area contributed by atoms with Crippen molar-refractivity contribution in [3.05, 3.63) is 45.7 Å². The van der Waals surface area contributed by atoms with Crippen LogP contribution in [0.3, 0.4) is 0 Å². The minimum atomic E-state index is -1.04. The van der Waals surface area contributed by atoms with Gasteiger partial charge in [-0.3, -0.25) is 0 Å². The van der Waals surface area contributed by atoms with Crippen LogP contribution in [0.2, 0.25) is 0 Å². The van der Waals surface area contributed by atoms with Gasteiger partial charge in [0.2, 0.25) is 0 Å². The van der Waals surface area contributed by atoms with Crippen LogP contribution in [0.15, 0.2) is 28.7 Å². The first kappa shape index (κ1) is 14.7. The quantitative estimate of drug-likeness (QED) is 0.934. The van der Waals surface area contributed by atoms with Crippen molar-refractivity contribution in [2.45, 2.75) is 32.7 Å². The summed E-state index contributed by atoms with van der Waals surface area (Å²) in [6, 6.07) is 7.83. The predicted octanol–water partition coefficient (Wildman–Crippen LogP) is 3.08. The van der Waals surface area contributed by atoms with Crippen molar-refractivity contribution in [2.24, 2.45) is 0 Å². The summed E-state index contributed by atoms with van der Waals surface area (Å²) in [5.74, 6) is -1.04. The van der Waals surface area contributed by atoms with Crippen LogP contribution in [0.5, 0.6) is 0 Å². The normalized spacial score (nSPS) is 11.6. The fourth-order valence-corrected chi connectivity index (χ4v) is 2.34. The number of rotatable bonds is 3. The van der Waals surface area contributed by atoms with Crippen molar-refractivity contribution in [3.63, 3.8) is 0 Å². The summed E-state index contributed by atoms with van der Waals surface area (Å²) < 4.78 is 2.66. The first-order chi connectivity index (χ1) is 9.29. The molecule has 0 radical (unpaired) electrons. The molecule has 0 saturated carbocycles. The lowest BCUT2D eigenvalue weighted by molar-refractivity contribution is 0.0687. The van der Waals surface area contributed by atoms with Gasteiger partial charge in [-0.25, -0.2) is 9.48 Å². The molecule has 0 aliphatic heterocycles. The third kappa shape index (κ3) is 3.07. The second kappa shape index (κ2) is 5.36. The van der Waals surface area contributed by atoms with Gasteiger partial charge in [-0.15, -0.1) is 5.10 Å². The van der Waals surface area contributed by atoms with Crippen LogP contribution >= 0.6 is 15.9 Å². The molecule has 0 aliphatic carbocycles. The van der Waals surface area contributed by atoms with E-state index in [1.54, 1.807) is 4.68 Å². The predicted molar refractivity (Wildman–Crippen MR) is 78.9 cm³/mol. The lowest BCUT2D eigenvalue weighted by atomic mass is 9.90. The largest absolute Gasteiger partial charge is 0.476 e. The Balaban J connectivity index is 2.42. The highest BCUT2D eigenvalue weighted by atomic mass is 79.9. The van der Waals surface area contributed by atoms with Gasteiger partial charge in [0.1, 0.15) is 0 Å². The minimum absolute atomic E-state index is 0.0228. The number of carbonyl (C=O) groups is 1. The third-order valence-corrected chi connectivity index (χ3v) is 3.42. The van der Waals surface area contributed by atoms with Crippen LogP contribution in [0.4, 0.5) is 0 Å². The Morgan fingerprint density at radius 3 is 2.40 bits per heavy atom. The fourth-order valence-electron chi connectivity index (χ4n) is 2.07. The zero-order valence-corrected chi connectivity index (χ0v) is 13.2. The van der Waals surface area contributed by atoms with Gasteiger partial charge in [0.25, 0.3) is 0 Å². The zero-order valence-electron chi connectivity index (χ0n) is 11.6. The molecule has 20 heavy (non-hydrogen) atoms. The Labute approximate surface area is 125 Å². The van der Waals surface area contributed by atoms with E-state index in [1.807, 2.05) is 45.0 Å². The van der Waals surface area contributed by atoms with Crippen LogP contribution in [0.25, 0.3) is 0 Å². The van der Waals surface area contributed by atoms with Crippen molar-refractivity contribution in [3.8, 4) is 0 Å². The molecule has 1 aromatic heterocycles. The highest BCUT2D eigenvalue weighted by Crippen LogP contribution is 2.25.